The molecule has 0 radical (unpaired) electrons. The molecule has 3 rings (SSSR count). The lowest BCUT2D eigenvalue weighted by Crippen LogP contribution is -1.97. The summed E-state index contributed by atoms with van der Waals surface area (Å²) < 4.78 is 5.29. The van der Waals surface area contributed by atoms with Gasteiger partial charge in [-0.1, -0.05) is 30.3 Å². The molecule has 0 aliphatic heterocycles. The third kappa shape index (κ3) is 1.89. The molecular formula is C16H15ClO. The average molecular weight is 259 g/mol. The number of alkyl halides is 1. The highest BCUT2D eigenvalue weighted by Gasteiger charge is 2.21. The molecule has 0 saturated heterocycles. The summed E-state index contributed by atoms with van der Waals surface area (Å²) in [5.41, 5.74) is 5.10. The Morgan fingerprint density at radius 3 is 2.56 bits per heavy atom. The smallest absolute Gasteiger partial charge is 0.119 e. The Morgan fingerprint density at radius 2 is 1.72 bits per heavy atom. The zero-order chi connectivity index (χ0) is 12.5. The summed E-state index contributed by atoms with van der Waals surface area (Å²) in [6.45, 7) is 0. The molecule has 0 aromatic heterocycles. The van der Waals surface area contributed by atoms with Gasteiger partial charge in [0.05, 0.1) is 12.5 Å². The summed E-state index contributed by atoms with van der Waals surface area (Å²) in [7, 11) is 1.70. The van der Waals surface area contributed by atoms with Gasteiger partial charge in [-0.15, -0.1) is 11.6 Å². The van der Waals surface area contributed by atoms with Gasteiger partial charge in [0.15, 0.2) is 0 Å². The summed E-state index contributed by atoms with van der Waals surface area (Å²) in [5.74, 6) is 0.906. The maximum atomic E-state index is 6.64. The van der Waals surface area contributed by atoms with Crippen LogP contribution in [0.4, 0.5) is 0 Å². The van der Waals surface area contributed by atoms with Crippen LogP contribution in [0.1, 0.15) is 27.6 Å². The maximum Gasteiger partial charge on any atom is 0.119 e. The minimum absolute atomic E-state index is 0.0513. The van der Waals surface area contributed by atoms with Crippen LogP contribution in [0.3, 0.4) is 0 Å². The van der Waals surface area contributed by atoms with Gasteiger partial charge in [-0.25, -0.2) is 0 Å². The van der Waals surface area contributed by atoms with Gasteiger partial charge in [0.1, 0.15) is 5.75 Å². The molecule has 0 saturated carbocycles. The molecule has 0 spiro atoms. The Bertz CT molecular complexity index is 577. The summed E-state index contributed by atoms with van der Waals surface area (Å²) >= 11 is 6.64. The van der Waals surface area contributed by atoms with Crippen molar-refractivity contribution in [1.29, 1.82) is 0 Å². The quantitative estimate of drug-likeness (QED) is 0.699. The van der Waals surface area contributed by atoms with Crippen LogP contribution in [0.2, 0.25) is 0 Å². The van der Waals surface area contributed by atoms with Crippen LogP contribution in [-0.4, -0.2) is 7.11 Å². The van der Waals surface area contributed by atoms with Crippen molar-refractivity contribution in [3.05, 3.63) is 64.7 Å². The summed E-state index contributed by atoms with van der Waals surface area (Å²) in [4.78, 5) is 0. The molecule has 0 amide bonds. The molecule has 0 bridgehead atoms. The van der Waals surface area contributed by atoms with Crippen LogP contribution < -0.4 is 4.74 Å². The van der Waals surface area contributed by atoms with Gasteiger partial charge in [0.25, 0.3) is 0 Å². The lowest BCUT2D eigenvalue weighted by molar-refractivity contribution is 0.414. The van der Waals surface area contributed by atoms with Crippen molar-refractivity contribution >= 4 is 11.6 Å². The van der Waals surface area contributed by atoms with Gasteiger partial charge in [-0.3, -0.25) is 0 Å². The predicted molar refractivity (Wildman–Crippen MR) is 74.5 cm³/mol. The highest BCUT2D eigenvalue weighted by atomic mass is 35.5. The van der Waals surface area contributed by atoms with E-state index in [0.717, 1.165) is 18.6 Å². The molecule has 1 nitrogen and oxygen atoms in total. The number of methoxy groups -OCH3 is 1. The Kier molecular flexibility index (Phi) is 3.00. The molecule has 1 aliphatic carbocycles. The number of hydrogen-bond donors (Lipinski definition) is 0. The molecule has 0 heterocycles. The lowest BCUT2D eigenvalue weighted by atomic mass is 10.00. The average Bonchev–Trinajstić information content (AvgIpc) is 2.57. The fraction of sp³-hybridized carbons (Fsp3) is 0.250. The van der Waals surface area contributed by atoms with Crippen LogP contribution >= 0.6 is 11.6 Å². The van der Waals surface area contributed by atoms with Crippen molar-refractivity contribution in [3.63, 3.8) is 0 Å². The summed E-state index contributed by atoms with van der Waals surface area (Å²) in [5, 5.41) is -0.0513. The number of fused-ring (bicyclic) bond motifs is 2. The van der Waals surface area contributed by atoms with E-state index in [1.807, 2.05) is 6.07 Å². The van der Waals surface area contributed by atoms with E-state index >= 15 is 0 Å². The van der Waals surface area contributed by atoms with E-state index in [1.54, 1.807) is 7.11 Å². The predicted octanol–water partition coefficient (Wildman–Crippen LogP) is 4.12. The van der Waals surface area contributed by atoms with Crippen molar-refractivity contribution in [1.82, 2.24) is 0 Å². The number of ether oxygens (including phenoxy) is 1. The maximum absolute atomic E-state index is 6.64. The van der Waals surface area contributed by atoms with E-state index in [9.17, 15) is 0 Å². The zero-order valence-electron chi connectivity index (χ0n) is 10.3. The van der Waals surface area contributed by atoms with Gasteiger partial charge >= 0.3 is 0 Å². The van der Waals surface area contributed by atoms with Crippen molar-refractivity contribution < 1.29 is 4.74 Å². The van der Waals surface area contributed by atoms with E-state index in [4.69, 9.17) is 16.3 Å². The lowest BCUT2D eigenvalue weighted by Gasteiger charge is -2.14. The second-order valence-electron chi connectivity index (χ2n) is 4.63. The van der Waals surface area contributed by atoms with Gasteiger partial charge < -0.3 is 4.74 Å². The molecule has 0 N–H and O–H groups in total. The van der Waals surface area contributed by atoms with Crippen LogP contribution in [0.5, 0.6) is 5.75 Å². The summed E-state index contributed by atoms with van der Waals surface area (Å²) in [6.07, 6.45) is 2.06. The number of hydrogen-bond acceptors (Lipinski definition) is 1. The monoisotopic (exact) mass is 258 g/mol. The van der Waals surface area contributed by atoms with Crippen LogP contribution in [0.25, 0.3) is 0 Å². The van der Waals surface area contributed by atoms with Crippen molar-refractivity contribution in [3.8, 4) is 5.75 Å². The zero-order valence-corrected chi connectivity index (χ0v) is 11.1. The van der Waals surface area contributed by atoms with Gasteiger partial charge in [-0.05, 0) is 47.2 Å². The standard InChI is InChI=1S/C16H15ClO/c1-18-13-8-9-15-12(10-13)7-6-11-4-2-3-5-14(11)16(15)17/h2-5,8-10,16H,6-7H2,1H3/t16-/m1/s1. The molecule has 92 valence electrons. The third-order valence-electron chi connectivity index (χ3n) is 3.62. The molecule has 1 atom stereocenters. The minimum atomic E-state index is -0.0513. The third-order valence-corrected chi connectivity index (χ3v) is 4.09. The Labute approximate surface area is 112 Å². The van der Waals surface area contributed by atoms with Crippen LogP contribution in [0, 0.1) is 0 Å². The number of benzene rings is 2. The molecule has 0 unspecified atom stereocenters. The number of aryl methyl sites for hydroxylation is 2. The van der Waals surface area contributed by atoms with Crippen molar-refractivity contribution in [2.75, 3.05) is 7.11 Å². The molecule has 0 fully saturated rings. The molecule has 18 heavy (non-hydrogen) atoms. The molecule has 2 aromatic rings. The van der Waals surface area contributed by atoms with E-state index in [1.165, 1.54) is 22.3 Å². The van der Waals surface area contributed by atoms with E-state index in [0.29, 0.717) is 0 Å². The van der Waals surface area contributed by atoms with E-state index < -0.39 is 0 Å². The first-order chi connectivity index (χ1) is 8.79. The van der Waals surface area contributed by atoms with E-state index in [2.05, 4.69) is 36.4 Å². The van der Waals surface area contributed by atoms with Crippen molar-refractivity contribution in [2.45, 2.75) is 18.2 Å². The first kappa shape index (κ1) is 11.6. The highest BCUT2D eigenvalue weighted by molar-refractivity contribution is 6.22. The second kappa shape index (κ2) is 4.66. The molecule has 2 aromatic carbocycles. The fourth-order valence-electron chi connectivity index (χ4n) is 2.62. The van der Waals surface area contributed by atoms with E-state index in [-0.39, 0.29) is 5.38 Å². The van der Waals surface area contributed by atoms with Crippen LogP contribution in [0.15, 0.2) is 42.5 Å². The van der Waals surface area contributed by atoms with Crippen LogP contribution in [-0.2, 0) is 12.8 Å². The van der Waals surface area contributed by atoms with Gasteiger partial charge in [0, 0.05) is 0 Å². The largest absolute Gasteiger partial charge is 0.497 e. The summed E-state index contributed by atoms with van der Waals surface area (Å²) in [6, 6.07) is 14.6. The highest BCUT2D eigenvalue weighted by Crippen LogP contribution is 2.38. The normalized spacial score (nSPS) is 17.6. The Hall–Kier alpha value is -1.47. The molecular weight excluding hydrogens is 244 g/mol. The molecule has 1 aliphatic rings. The topological polar surface area (TPSA) is 9.23 Å². The Morgan fingerprint density at radius 1 is 1.00 bits per heavy atom. The van der Waals surface area contributed by atoms with Gasteiger partial charge in [0.2, 0.25) is 0 Å². The fourth-order valence-corrected chi connectivity index (χ4v) is 3.04. The first-order valence-electron chi connectivity index (χ1n) is 6.18. The van der Waals surface area contributed by atoms with Gasteiger partial charge in [-0.2, -0.15) is 0 Å². The Balaban J connectivity index is 2.11. The second-order valence-corrected chi connectivity index (χ2v) is 5.06. The SMILES string of the molecule is COc1ccc2c(c1)CCc1ccccc1[C@H]2Cl. The number of halogens is 1. The molecule has 2 heteroatoms. The number of rotatable bonds is 1. The minimum Gasteiger partial charge on any atom is -0.497 e. The van der Waals surface area contributed by atoms with Crippen molar-refractivity contribution in [2.24, 2.45) is 0 Å². The first-order valence-corrected chi connectivity index (χ1v) is 6.62.